The first-order chi connectivity index (χ1) is 7.06. The highest BCUT2D eigenvalue weighted by atomic mass is 16.4. The molecule has 0 aliphatic carbocycles. The van der Waals surface area contributed by atoms with Crippen molar-refractivity contribution in [1.29, 1.82) is 0 Å². The molecule has 0 saturated heterocycles. The van der Waals surface area contributed by atoms with Gasteiger partial charge >= 0.3 is 5.97 Å². The van der Waals surface area contributed by atoms with Crippen LogP contribution in [0.15, 0.2) is 29.4 Å². The van der Waals surface area contributed by atoms with Gasteiger partial charge in [0.2, 0.25) is 0 Å². The van der Waals surface area contributed by atoms with Crippen molar-refractivity contribution in [3.05, 3.63) is 35.4 Å². The van der Waals surface area contributed by atoms with E-state index < -0.39 is 12.0 Å². The molecule has 1 aromatic carbocycles. The molecule has 0 aliphatic rings. The van der Waals surface area contributed by atoms with Crippen LogP contribution in [0.5, 0.6) is 0 Å². The summed E-state index contributed by atoms with van der Waals surface area (Å²) in [4.78, 5) is 10.6. The predicted molar refractivity (Wildman–Crippen MR) is 53.5 cm³/mol. The maximum atomic E-state index is 10.6. The van der Waals surface area contributed by atoms with Crippen LogP contribution in [-0.2, 0) is 4.79 Å². The third-order valence-corrected chi connectivity index (χ3v) is 1.94. The zero-order valence-corrected chi connectivity index (χ0v) is 7.79. The van der Waals surface area contributed by atoms with E-state index in [1.54, 1.807) is 0 Å². The second-order valence-corrected chi connectivity index (χ2v) is 2.92. The first-order valence-electron chi connectivity index (χ1n) is 4.12. The van der Waals surface area contributed by atoms with E-state index in [-0.39, 0.29) is 5.84 Å². The number of hydrogen-bond acceptors (Lipinski definition) is 4. The van der Waals surface area contributed by atoms with E-state index in [4.69, 9.17) is 21.8 Å². The molecule has 0 unspecified atom stereocenters. The molecule has 80 valence electrons. The van der Waals surface area contributed by atoms with Crippen LogP contribution in [0.2, 0.25) is 0 Å². The van der Waals surface area contributed by atoms with Crippen LogP contribution in [0.4, 0.5) is 0 Å². The average Bonchev–Trinajstić information content (AvgIpc) is 2.27. The number of oxime groups is 1. The fourth-order valence-corrected chi connectivity index (χ4v) is 1.06. The van der Waals surface area contributed by atoms with Gasteiger partial charge in [-0.05, 0) is 5.56 Å². The molecule has 0 bridgehead atoms. The smallest absolute Gasteiger partial charge is 0.325 e. The van der Waals surface area contributed by atoms with Gasteiger partial charge in [-0.3, -0.25) is 4.79 Å². The largest absolute Gasteiger partial charge is 0.480 e. The Hall–Kier alpha value is -2.08. The third-order valence-electron chi connectivity index (χ3n) is 1.94. The number of nitrogens with zero attached hydrogens (tertiary/aromatic N) is 1. The fourth-order valence-electron chi connectivity index (χ4n) is 1.06. The van der Waals surface area contributed by atoms with Crippen molar-refractivity contribution >= 4 is 11.8 Å². The SMILES string of the molecule is NC(=NO)c1ccc([C@@H](N)C(=O)O)cc1. The Labute approximate surface area is 85.8 Å². The molecule has 6 N–H and O–H groups in total. The minimum Gasteiger partial charge on any atom is -0.480 e. The first kappa shape index (κ1) is 11.0. The molecular weight excluding hydrogens is 198 g/mol. The standard InChI is InChI=1S/C9H11N3O3/c10-7(9(13)14)5-1-3-6(4-2-5)8(11)12-15/h1-4,7,15H,10H2,(H2,11,12)(H,13,14)/t7-/m1/s1. The van der Waals surface area contributed by atoms with Gasteiger partial charge < -0.3 is 21.8 Å². The Kier molecular flexibility index (Phi) is 3.25. The van der Waals surface area contributed by atoms with Crippen LogP contribution in [-0.4, -0.2) is 22.1 Å². The van der Waals surface area contributed by atoms with Crippen LogP contribution in [0.25, 0.3) is 0 Å². The van der Waals surface area contributed by atoms with Gasteiger partial charge in [0.05, 0.1) is 0 Å². The van der Waals surface area contributed by atoms with Crippen LogP contribution < -0.4 is 11.5 Å². The molecule has 0 heterocycles. The summed E-state index contributed by atoms with van der Waals surface area (Å²) in [7, 11) is 0. The zero-order valence-electron chi connectivity index (χ0n) is 7.79. The van der Waals surface area contributed by atoms with Gasteiger partial charge in [0.15, 0.2) is 5.84 Å². The maximum Gasteiger partial charge on any atom is 0.325 e. The van der Waals surface area contributed by atoms with Crippen molar-refractivity contribution in [3.63, 3.8) is 0 Å². The summed E-state index contributed by atoms with van der Waals surface area (Å²) in [5.41, 5.74) is 11.7. The van der Waals surface area contributed by atoms with Gasteiger partial charge in [-0.1, -0.05) is 29.4 Å². The lowest BCUT2D eigenvalue weighted by Crippen LogP contribution is -2.21. The molecule has 0 spiro atoms. The Morgan fingerprint density at radius 3 is 2.27 bits per heavy atom. The average molecular weight is 209 g/mol. The van der Waals surface area contributed by atoms with Gasteiger partial charge in [-0.2, -0.15) is 0 Å². The lowest BCUT2D eigenvalue weighted by Gasteiger charge is -2.07. The van der Waals surface area contributed by atoms with E-state index in [9.17, 15) is 4.79 Å². The van der Waals surface area contributed by atoms with Crippen molar-refractivity contribution in [2.24, 2.45) is 16.6 Å². The predicted octanol–water partition coefficient (Wildman–Crippen LogP) is -0.134. The first-order valence-corrected chi connectivity index (χ1v) is 4.12. The summed E-state index contributed by atoms with van der Waals surface area (Å²) >= 11 is 0. The fraction of sp³-hybridized carbons (Fsp3) is 0.111. The Bertz CT molecular complexity index is 386. The lowest BCUT2D eigenvalue weighted by molar-refractivity contribution is -0.138. The topological polar surface area (TPSA) is 122 Å². The van der Waals surface area contributed by atoms with Gasteiger partial charge in [-0.15, -0.1) is 0 Å². The van der Waals surface area contributed by atoms with Gasteiger partial charge in [0.1, 0.15) is 6.04 Å². The van der Waals surface area contributed by atoms with E-state index in [1.165, 1.54) is 24.3 Å². The monoisotopic (exact) mass is 209 g/mol. The van der Waals surface area contributed by atoms with Gasteiger partial charge in [0, 0.05) is 5.56 Å². The van der Waals surface area contributed by atoms with Crippen LogP contribution >= 0.6 is 0 Å². The minimum atomic E-state index is -1.11. The molecule has 0 amide bonds. The molecule has 15 heavy (non-hydrogen) atoms. The van der Waals surface area contributed by atoms with Crippen molar-refractivity contribution in [3.8, 4) is 0 Å². The van der Waals surface area contributed by atoms with E-state index in [1.807, 2.05) is 0 Å². The number of rotatable bonds is 3. The number of amidine groups is 1. The van der Waals surface area contributed by atoms with E-state index in [2.05, 4.69) is 5.16 Å². The highest BCUT2D eigenvalue weighted by molar-refractivity contribution is 5.97. The zero-order chi connectivity index (χ0) is 11.4. The molecule has 0 saturated carbocycles. The van der Waals surface area contributed by atoms with Crippen LogP contribution in [0, 0.1) is 0 Å². The van der Waals surface area contributed by atoms with Crippen LogP contribution in [0.1, 0.15) is 17.2 Å². The maximum absolute atomic E-state index is 10.6. The second kappa shape index (κ2) is 4.43. The number of nitrogens with two attached hydrogens (primary N) is 2. The van der Waals surface area contributed by atoms with Crippen molar-refractivity contribution in [1.82, 2.24) is 0 Å². The van der Waals surface area contributed by atoms with Crippen molar-refractivity contribution < 1.29 is 15.1 Å². The van der Waals surface area contributed by atoms with E-state index >= 15 is 0 Å². The molecule has 0 aliphatic heterocycles. The molecule has 1 atom stereocenters. The summed E-state index contributed by atoms with van der Waals surface area (Å²) in [6.45, 7) is 0. The van der Waals surface area contributed by atoms with E-state index in [0.717, 1.165) is 0 Å². The summed E-state index contributed by atoms with van der Waals surface area (Å²) in [5, 5.41) is 19.9. The molecule has 1 aromatic rings. The number of carboxylic acids is 1. The second-order valence-electron chi connectivity index (χ2n) is 2.92. The molecule has 6 nitrogen and oxygen atoms in total. The highest BCUT2D eigenvalue weighted by Gasteiger charge is 2.13. The van der Waals surface area contributed by atoms with Crippen LogP contribution in [0.3, 0.4) is 0 Å². The molecule has 1 rings (SSSR count). The number of benzene rings is 1. The Morgan fingerprint density at radius 2 is 1.87 bits per heavy atom. The van der Waals surface area contributed by atoms with Crippen molar-refractivity contribution in [2.75, 3.05) is 0 Å². The quantitative estimate of drug-likeness (QED) is 0.239. The normalized spacial score (nSPS) is 13.5. The number of carboxylic acid groups (broad SMARTS) is 1. The number of aliphatic carboxylic acids is 1. The van der Waals surface area contributed by atoms with Gasteiger partial charge in [-0.25, -0.2) is 0 Å². The number of carbonyl (C=O) groups is 1. The molecule has 6 heteroatoms. The summed E-state index contributed by atoms with van der Waals surface area (Å²) in [5.74, 6) is -1.14. The third kappa shape index (κ3) is 2.44. The van der Waals surface area contributed by atoms with Gasteiger partial charge in [0.25, 0.3) is 0 Å². The summed E-state index contributed by atoms with van der Waals surface area (Å²) < 4.78 is 0. The summed E-state index contributed by atoms with van der Waals surface area (Å²) in [6, 6.07) is 5.05. The molecule has 0 fully saturated rings. The molecular formula is C9H11N3O3. The van der Waals surface area contributed by atoms with E-state index in [0.29, 0.717) is 11.1 Å². The summed E-state index contributed by atoms with van der Waals surface area (Å²) in [6.07, 6.45) is 0. The Balaban J connectivity index is 2.95. The van der Waals surface area contributed by atoms with Crippen molar-refractivity contribution in [2.45, 2.75) is 6.04 Å². The molecule has 0 aromatic heterocycles. The number of hydrogen-bond donors (Lipinski definition) is 4. The lowest BCUT2D eigenvalue weighted by atomic mass is 10.1. The highest BCUT2D eigenvalue weighted by Crippen LogP contribution is 2.11. The minimum absolute atomic E-state index is 0.0366. The molecule has 0 radical (unpaired) electrons. The Morgan fingerprint density at radius 1 is 1.33 bits per heavy atom.